The maximum Gasteiger partial charge on any atom is 0.352 e. The van der Waals surface area contributed by atoms with Crippen LogP contribution in [0.5, 0.6) is 5.75 Å². The molecule has 16 heteroatoms. The summed E-state index contributed by atoms with van der Waals surface area (Å²) < 4.78 is 23.7. The van der Waals surface area contributed by atoms with Crippen LogP contribution < -0.4 is 10.1 Å². The molecule has 2 aromatic carbocycles. The summed E-state index contributed by atoms with van der Waals surface area (Å²) in [6.45, 7) is 5.00. The molecule has 1 aromatic heterocycles. The predicted octanol–water partition coefficient (Wildman–Crippen LogP) is 1.73. The van der Waals surface area contributed by atoms with Crippen LogP contribution in [-0.4, -0.2) is 98.6 Å². The number of carbonyl (C=O) groups excluding carboxylic acids is 3. The van der Waals surface area contributed by atoms with Gasteiger partial charge in [0.05, 0.1) is 25.9 Å². The monoisotopic (exact) mass is 664 g/mol. The number of rotatable bonds is 15. The molecule has 3 aromatic rings. The van der Waals surface area contributed by atoms with E-state index in [-0.39, 0.29) is 59.9 Å². The van der Waals surface area contributed by atoms with Gasteiger partial charge in [-0.1, -0.05) is 66.4 Å². The summed E-state index contributed by atoms with van der Waals surface area (Å²) in [5, 5.41) is 24.4. The molecule has 1 fully saturated rings. The number of β-lactam (4-membered cyclic amide) rings is 1. The van der Waals surface area contributed by atoms with Crippen LogP contribution in [0, 0.1) is 6.92 Å². The van der Waals surface area contributed by atoms with Gasteiger partial charge < -0.3 is 29.4 Å². The number of carbonyl (C=O) groups is 4. The van der Waals surface area contributed by atoms with Crippen molar-refractivity contribution in [3.05, 3.63) is 89.1 Å². The average molecular weight is 665 g/mol. The third-order valence-electron chi connectivity index (χ3n) is 7.28. The Kier molecular flexibility index (Phi) is 10.3. The van der Waals surface area contributed by atoms with Crippen LogP contribution in [-0.2, 0) is 41.6 Å². The minimum Gasteiger partial charge on any atom is -0.496 e. The summed E-state index contributed by atoms with van der Waals surface area (Å²) >= 11 is 1.05. The van der Waals surface area contributed by atoms with Crippen LogP contribution in [0.1, 0.15) is 21.5 Å². The van der Waals surface area contributed by atoms with Crippen LogP contribution in [0.4, 0.5) is 0 Å². The topological polar surface area (TPSA) is 184 Å². The van der Waals surface area contributed by atoms with Crippen molar-refractivity contribution in [2.24, 2.45) is 0 Å². The van der Waals surface area contributed by atoms with Crippen LogP contribution in [0.2, 0.25) is 0 Å². The normalized spacial score (nSPS) is 18.6. The van der Waals surface area contributed by atoms with E-state index >= 15 is 0 Å². The number of aromatic nitrogens is 4. The molecule has 0 aliphatic carbocycles. The van der Waals surface area contributed by atoms with Crippen molar-refractivity contribution in [2.75, 3.05) is 32.7 Å². The summed E-state index contributed by atoms with van der Waals surface area (Å²) in [4.78, 5) is 53.1. The maximum atomic E-state index is 14.0. The second kappa shape index (κ2) is 14.6. The number of fused-ring (bicyclic) bond motifs is 1. The number of carboxylic acid groups (broad SMARTS) is 1. The van der Waals surface area contributed by atoms with Gasteiger partial charge in [-0.05, 0) is 47.0 Å². The Labute approximate surface area is 273 Å². The Bertz CT molecular complexity index is 1730. The van der Waals surface area contributed by atoms with Crippen molar-refractivity contribution in [3.63, 3.8) is 0 Å². The molecule has 2 amide bonds. The molecule has 2 atom stereocenters. The number of hydrogen-bond donors (Lipinski definition) is 2. The second-order valence-electron chi connectivity index (χ2n) is 10.5. The van der Waals surface area contributed by atoms with E-state index in [0.717, 1.165) is 27.8 Å². The minimum atomic E-state index is -2.02. The molecule has 2 aliphatic rings. The zero-order chi connectivity index (χ0) is 33.6. The Morgan fingerprint density at radius 2 is 2.04 bits per heavy atom. The lowest BCUT2D eigenvalue weighted by atomic mass is 9.93. The molecule has 0 radical (unpaired) electrons. The number of ether oxygens (including phenoxy) is 4. The molecule has 0 bridgehead atoms. The SMILES string of the molecule is C=CCOC(=O)Cn1nnnc1SCC1=C(C(=O)O)N2C(=O)[C@](NC(=O)c3ccccc3OC)(OCCc3cccc(C)c3)[C@H]2OC1. The van der Waals surface area contributed by atoms with Gasteiger partial charge in [0, 0.05) is 5.75 Å². The number of esters is 1. The standard InChI is InChI=1S/C31H32N6O9S/c1-4-13-44-24(38)16-36-30(33-34-35-36)47-18-21-17-45-29-31(28(42)37(29)25(21)27(40)41,46-14-12-20-9-7-8-19(2)15-20)32-26(39)22-10-5-6-11-23(22)43-3/h4-11,15,29H,1,12-14,16-18H2,2-3H3,(H,32,39)(H,40,41)/t29-,31+/m1/s1. The van der Waals surface area contributed by atoms with Gasteiger partial charge in [-0.25, -0.2) is 9.48 Å². The van der Waals surface area contributed by atoms with Crippen molar-refractivity contribution < 1.29 is 43.2 Å². The molecule has 47 heavy (non-hydrogen) atoms. The molecule has 2 aliphatic heterocycles. The highest BCUT2D eigenvalue weighted by Gasteiger charge is 2.68. The van der Waals surface area contributed by atoms with Crippen LogP contribution >= 0.6 is 11.8 Å². The van der Waals surface area contributed by atoms with Gasteiger partial charge in [0.2, 0.25) is 5.16 Å². The lowest BCUT2D eigenvalue weighted by Gasteiger charge is -2.55. The number of nitrogens with zero attached hydrogens (tertiary/aromatic N) is 5. The van der Waals surface area contributed by atoms with E-state index in [1.165, 1.54) is 23.9 Å². The first-order valence-corrected chi connectivity index (χ1v) is 15.4. The number of hydrogen-bond acceptors (Lipinski definition) is 12. The van der Waals surface area contributed by atoms with Gasteiger partial charge in [-0.15, -0.1) is 5.10 Å². The summed E-state index contributed by atoms with van der Waals surface area (Å²) in [5.41, 5.74) is 0.0678. The van der Waals surface area contributed by atoms with E-state index in [0.29, 0.717) is 6.42 Å². The second-order valence-corrected chi connectivity index (χ2v) is 11.4. The highest BCUT2D eigenvalue weighted by atomic mass is 32.2. The van der Waals surface area contributed by atoms with E-state index in [2.05, 4.69) is 27.4 Å². The molecule has 1 saturated heterocycles. The van der Waals surface area contributed by atoms with Gasteiger partial charge in [0.25, 0.3) is 17.5 Å². The summed E-state index contributed by atoms with van der Waals surface area (Å²) in [7, 11) is 1.41. The number of aliphatic carboxylic acids is 1. The number of tetrazole rings is 1. The number of nitrogens with one attached hydrogen (secondary N) is 1. The molecule has 5 rings (SSSR count). The molecule has 2 N–H and O–H groups in total. The van der Waals surface area contributed by atoms with Gasteiger partial charge in [0.15, 0.2) is 6.23 Å². The number of thioether (sulfide) groups is 1. The molecule has 246 valence electrons. The zero-order valence-corrected chi connectivity index (χ0v) is 26.4. The number of methoxy groups -OCH3 is 1. The van der Waals surface area contributed by atoms with Gasteiger partial charge in [0.1, 0.15) is 24.6 Å². The van der Waals surface area contributed by atoms with E-state index in [9.17, 15) is 24.3 Å². The molecular weight excluding hydrogens is 632 g/mol. The Morgan fingerprint density at radius 1 is 1.23 bits per heavy atom. The fourth-order valence-electron chi connectivity index (χ4n) is 5.12. The zero-order valence-electron chi connectivity index (χ0n) is 25.6. The third kappa shape index (κ3) is 7.03. The number of benzene rings is 2. The van der Waals surface area contributed by atoms with E-state index < -0.39 is 35.7 Å². The van der Waals surface area contributed by atoms with E-state index in [4.69, 9.17) is 18.9 Å². The first-order valence-electron chi connectivity index (χ1n) is 14.4. The van der Waals surface area contributed by atoms with E-state index in [1.807, 2.05) is 31.2 Å². The van der Waals surface area contributed by atoms with Crippen molar-refractivity contribution in [1.82, 2.24) is 30.4 Å². The van der Waals surface area contributed by atoms with Crippen molar-refractivity contribution >= 4 is 35.5 Å². The van der Waals surface area contributed by atoms with Crippen LogP contribution in [0.3, 0.4) is 0 Å². The Balaban J connectivity index is 1.38. The van der Waals surface area contributed by atoms with Crippen LogP contribution in [0.15, 0.2) is 77.6 Å². The number of carboxylic acids is 1. The number of para-hydroxylation sites is 1. The fraction of sp³-hybridized carbons (Fsp3) is 0.323. The predicted molar refractivity (Wildman–Crippen MR) is 165 cm³/mol. The third-order valence-corrected chi connectivity index (χ3v) is 8.33. The highest BCUT2D eigenvalue weighted by molar-refractivity contribution is 7.99. The minimum absolute atomic E-state index is 0.00893. The van der Waals surface area contributed by atoms with Crippen molar-refractivity contribution in [3.8, 4) is 5.75 Å². The lowest BCUT2D eigenvalue weighted by molar-refractivity contribution is -0.262. The first-order chi connectivity index (χ1) is 22.7. The largest absolute Gasteiger partial charge is 0.496 e. The highest BCUT2D eigenvalue weighted by Crippen LogP contribution is 2.42. The van der Waals surface area contributed by atoms with Crippen molar-refractivity contribution in [1.29, 1.82) is 0 Å². The van der Waals surface area contributed by atoms with Crippen LogP contribution in [0.25, 0.3) is 0 Å². The maximum absolute atomic E-state index is 14.0. The average Bonchev–Trinajstić information content (AvgIpc) is 3.51. The van der Waals surface area contributed by atoms with E-state index in [1.54, 1.807) is 18.2 Å². The quantitative estimate of drug-likeness (QED) is 0.0788. The number of aryl methyl sites for hydroxylation is 1. The van der Waals surface area contributed by atoms with Gasteiger partial charge >= 0.3 is 11.9 Å². The fourth-order valence-corrected chi connectivity index (χ4v) is 5.99. The molecule has 15 nitrogen and oxygen atoms in total. The molecule has 3 heterocycles. The molecule has 0 saturated carbocycles. The molecular formula is C31H32N6O9S. The summed E-state index contributed by atoms with van der Waals surface area (Å²) in [6.07, 6.45) is 0.553. The van der Waals surface area contributed by atoms with Gasteiger partial charge in [-0.2, -0.15) is 0 Å². The lowest BCUT2D eigenvalue weighted by Crippen LogP contribution is -2.83. The number of amides is 2. The molecule has 0 unspecified atom stereocenters. The first kappa shape index (κ1) is 33.3. The van der Waals surface area contributed by atoms with Crippen molar-refractivity contribution in [2.45, 2.75) is 37.0 Å². The summed E-state index contributed by atoms with van der Waals surface area (Å²) in [6, 6.07) is 14.2. The smallest absolute Gasteiger partial charge is 0.352 e. The summed E-state index contributed by atoms with van der Waals surface area (Å²) in [5.74, 6) is -3.17. The van der Waals surface area contributed by atoms with Gasteiger partial charge in [-0.3, -0.25) is 19.3 Å². The Morgan fingerprint density at radius 3 is 2.79 bits per heavy atom. The Hall–Kier alpha value is -5.06. The molecule has 0 spiro atoms.